The van der Waals surface area contributed by atoms with Crippen LogP contribution in [0.25, 0.3) is 0 Å². The van der Waals surface area contributed by atoms with Crippen LogP contribution >= 0.6 is 0 Å². The topological polar surface area (TPSA) is 35.5 Å². The maximum atomic E-state index is 11.6. The van der Waals surface area contributed by atoms with Gasteiger partial charge in [-0.25, -0.2) is 0 Å². The van der Waals surface area contributed by atoms with E-state index < -0.39 is 0 Å². The molecule has 0 aromatic heterocycles. The van der Waals surface area contributed by atoms with Crippen LogP contribution in [0.4, 0.5) is 0 Å². The Morgan fingerprint density at radius 2 is 2.00 bits per heavy atom. The van der Waals surface area contributed by atoms with E-state index in [1.54, 1.807) is 7.11 Å². The third-order valence-electron chi connectivity index (χ3n) is 2.43. The average Bonchev–Trinajstić information content (AvgIpc) is 2.34. The quantitative estimate of drug-likeness (QED) is 0.710. The number of ketones is 1. The van der Waals surface area contributed by atoms with Crippen LogP contribution in [0.15, 0.2) is 30.3 Å². The number of carbonyl (C=O) groups excluding carboxylic acids is 1. The van der Waals surface area contributed by atoms with E-state index in [9.17, 15) is 4.79 Å². The molecule has 0 heterocycles. The molecule has 3 nitrogen and oxygen atoms in total. The summed E-state index contributed by atoms with van der Waals surface area (Å²) in [6.45, 7) is 2.64. The minimum absolute atomic E-state index is 0.0105. The van der Waals surface area contributed by atoms with E-state index in [0.29, 0.717) is 6.61 Å². The summed E-state index contributed by atoms with van der Waals surface area (Å²) in [6.07, 6.45) is 0.744. The average molecular weight is 222 g/mol. The smallest absolute Gasteiger partial charge is 0.173 e. The number of ether oxygens (including phenoxy) is 2. The Hall–Kier alpha value is -1.35. The van der Waals surface area contributed by atoms with Crippen molar-refractivity contribution in [3.63, 3.8) is 0 Å². The van der Waals surface area contributed by atoms with Crippen LogP contribution in [0.5, 0.6) is 5.75 Å². The van der Waals surface area contributed by atoms with Gasteiger partial charge in [-0.1, -0.05) is 25.1 Å². The van der Waals surface area contributed by atoms with E-state index in [-0.39, 0.29) is 18.3 Å². The number of benzene rings is 1. The molecule has 1 unspecified atom stereocenters. The molecule has 1 atom stereocenters. The van der Waals surface area contributed by atoms with Crippen molar-refractivity contribution in [2.75, 3.05) is 20.3 Å². The van der Waals surface area contributed by atoms with Crippen LogP contribution in [0.3, 0.4) is 0 Å². The first kappa shape index (κ1) is 12.7. The fourth-order valence-electron chi connectivity index (χ4n) is 1.27. The summed E-state index contributed by atoms with van der Waals surface area (Å²) in [6, 6.07) is 9.36. The molecular weight excluding hydrogens is 204 g/mol. The van der Waals surface area contributed by atoms with E-state index in [2.05, 4.69) is 0 Å². The van der Waals surface area contributed by atoms with Gasteiger partial charge in [0.05, 0.1) is 0 Å². The highest BCUT2D eigenvalue weighted by atomic mass is 16.5. The van der Waals surface area contributed by atoms with Crippen molar-refractivity contribution in [2.45, 2.75) is 13.3 Å². The lowest BCUT2D eigenvalue weighted by molar-refractivity contribution is -0.124. The Kier molecular flexibility index (Phi) is 5.57. The normalized spacial score (nSPS) is 12.1. The van der Waals surface area contributed by atoms with Gasteiger partial charge in [-0.05, 0) is 18.6 Å². The van der Waals surface area contributed by atoms with Gasteiger partial charge in [0.15, 0.2) is 5.78 Å². The number of carbonyl (C=O) groups is 1. The summed E-state index contributed by atoms with van der Waals surface area (Å²) in [5, 5.41) is 0. The van der Waals surface area contributed by atoms with Gasteiger partial charge in [-0.2, -0.15) is 0 Å². The van der Waals surface area contributed by atoms with Crippen molar-refractivity contribution in [3.05, 3.63) is 30.3 Å². The van der Waals surface area contributed by atoms with E-state index in [4.69, 9.17) is 9.47 Å². The Bertz CT molecular complexity index is 308. The van der Waals surface area contributed by atoms with Gasteiger partial charge in [0.2, 0.25) is 0 Å². The summed E-state index contributed by atoms with van der Waals surface area (Å²) in [4.78, 5) is 11.6. The molecule has 0 saturated heterocycles. The molecule has 88 valence electrons. The van der Waals surface area contributed by atoms with Gasteiger partial charge < -0.3 is 9.47 Å². The van der Waals surface area contributed by atoms with Crippen molar-refractivity contribution in [3.8, 4) is 5.75 Å². The predicted octanol–water partition coefficient (Wildman–Crippen LogP) is 2.31. The largest absolute Gasteiger partial charge is 0.486 e. The number of methoxy groups -OCH3 is 1. The van der Waals surface area contributed by atoms with Crippen molar-refractivity contribution >= 4 is 5.78 Å². The summed E-state index contributed by atoms with van der Waals surface area (Å²) >= 11 is 0. The Morgan fingerprint density at radius 1 is 1.31 bits per heavy atom. The van der Waals surface area contributed by atoms with Crippen LogP contribution in [-0.4, -0.2) is 26.1 Å². The molecule has 0 aliphatic heterocycles. The summed E-state index contributed by atoms with van der Waals surface area (Å²) in [5.41, 5.74) is 0. The van der Waals surface area contributed by atoms with Gasteiger partial charge in [0.25, 0.3) is 0 Å². The third kappa shape index (κ3) is 4.45. The summed E-state index contributed by atoms with van der Waals surface area (Å²) in [7, 11) is 1.64. The standard InChI is InChI=1S/C13H18O3/c1-11(8-9-15-2)13(14)10-16-12-6-4-3-5-7-12/h3-7,11H,8-10H2,1-2H3. The second-order valence-electron chi connectivity index (χ2n) is 3.75. The summed E-state index contributed by atoms with van der Waals surface area (Å²) < 4.78 is 10.3. The lowest BCUT2D eigenvalue weighted by Gasteiger charge is -2.10. The first-order chi connectivity index (χ1) is 7.74. The number of hydrogen-bond acceptors (Lipinski definition) is 3. The predicted molar refractivity (Wildman–Crippen MR) is 62.6 cm³/mol. The lowest BCUT2D eigenvalue weighted by atomic mass is 10.0. The van der Waals surface area contributed by atoms with Crippen LogP contribution < -0.4 is 4.74 Å². The number of rotatable bonds is 7. The molecule has 0 saturated carbocycles. The molecule has 0 aliphatic carbocycles. The SMILES string of the molecule is COCCC(C)C(=O)COc1ccccc1. The molecule has 1 aromatic rings. The highest BCUT2D eigenvalue weighted by molar-refractivity contribution is 5.82. The molecule has 0 amide bonds. The highest BCUT2D eigenvalue weighted by Crippen LogP contribution is 2.10. The molecule has 0 bridgehead atoms. The maximum absolute atomic E-state index is 11.6. The van der Waals surface area contributed by atoms with E-state index >= 15 is 0 Å². The van der Waals surface area contributed by atoms with Crippen molar-refractivity contribution < 1.29 is 14.3 Å². The first-order valence-corrected chi connectivity index (χ1v) is 5.43. The minimum atomic E-state index is -0.0105. The van der Waals surface area contributed by atoms with E-state index in [0.717, 1.165) is 12.2 Å². The van der Waals surface area contributed by atoms with Crippen molar-refractivity contribution in [1.82, 2.24) is 0 Å². The number of Topliss-reactive ketones (excluding diaryl/α,β-unsaturated/α-hetero) is 1. The molecule has 1 aromatic carbocycles. The van der Waals surface area contributed by atoms with Crippen LogP contribution in [0.2, 0.25) is 0 Å². The molecule has 16 heavy (non-hydrogen) atoms. The summed E-state index contributed by atoms with van der Waals surface area (Å²) in [5.74, 6) is 0.833. The van der Waals surface area contributed by atoms with E-state index in [1.165, 1.54) is 0 Å². The molecule has 1 rings (SSSR count). The second-order valence-corrected chi connectivity index (χ2v) is 3.75. The first-order valence-electron chi connectivity index (χ1n) is 5.43. The number of para-hydroxylation sites is 1. The maximum Gasteiger partial charge on any atom is 0.173 e. The monoisotopic (exact) mass is 222 g/mol. The molecule has 3 heteroatoms. The Morgan fingerprint density at radius 3 is 2.62 bits per heavy atom. The molecule has 0 fully saturated rings. The van der Waals surface area contributed by atoms with Gasteiger partial charge in [0, 0.05) is 19.6 Å². The molecule has 0 aliphatic rings. The van der Waals surface area contributed by atoms with E-state index in [1.807, 2.05) is 37.3 Å². The molecule has 0 radical (unpaired) electrons. The number of hydrogen-bond donors (Lipinski definition) is 0. The zero-order valence-electron chi connectivity index (χ0n) is 9.81. The van der Waals surface area contributed by atoms with Crippen LogP contribution in [-0.2, 0) is 9.53 Å². The highest BCUT2D eigenvalue weighted by Gasteiger charge is 2.12. The molecule has 0 N–H and O–H groups in total. The molecular formula is C13H18O3. The molecule has 0 spiro atoms. The van der Waals surface area contributed by atoms with Gasteiger partial charge >= 0.3 is 0 Å². The fourth-order valence-corrected chi connectivity index (χ4v) is 1.27. The zero-order chi connectivity index (χ0) is 11.8. The van der Waals surface area contributed by atoms with Gasteiger partial charge in [0.1, 0.15) is 12.4 Å². The lowest BCUT2D eigenvalue weighted by Crippen LogP contribution is -2.20. The van der Waals surface area contributed by atoms with Crippen LogP contribution in [0.1, 0.15) is 13.3 Å². The van der Waals surface area contributed by atoms with Crippen molar-refractivity contribution in [1.29, 1.82) is 0 Å². The fraction of sp³-hybridized carbons (Fsp3) is 0.462. The van der Waals surface area contributed by atoms with Gasteiger partial charge in [-0.3, -0.25) is 4.79 Å². The Balaban J connectivity index is 2.29. The Labute approximate surface area is 96.4 Å². The second kappa shape index (κ2) is 7.01. The third-order valence-corrected chi connectivity index (χ3v) is 2.43. The minimum Gasteiger partial charge on any atom is -0.486 e. The zero-order valence-corrected chi connectivity index (χ0v) is 9.81. The van der Waals surface area contributed by atoms with Crippen LogP contribution in [0, 0.1) is 5.92 Å². The van der Waals surface area contributed by atoms with Crippen molar-refractivity contribution in [2.24, 2.45) is 5.92 Å². The van der Waals surface area contributed by atoms with Gasteiger partial charge in [-0.15, -0.1) is 0 Å².